The van der Waals surface area contributed by atoms with Crippen molar-refractivity contribution in [2.75, 3.05) is 30.9 Å². The Balaban J connectivity index is 2.28. The second kappa shape index (κ2) is 4.94. The Morgan fingerprint density at radius 2 is 2.26 bits per heavy atom. The van der Waals surface area contributed by atoms with Gasteiger partial charge in [0.15, 0.2) is 0 Å². The highest BCUT2D eigenvalue weighted by Crippen LogP contribution is 2.08. The quantitative estimate of drug-likeness (QED) is 0.485. The molecule has 1 aliphatic heterocycles. The van der Waals surface area contributed by atoms with Gasteiger partial charge in [-0.1, -0.05) is 4.79 Å². The monoisotopic (exact) mass is 309 g/mol. The Hall–Kier alpha value is -1.39. The molecular weight excluding hydrogens is 298 g/mol. The minimum atomic E-state index is -3.35. The zero-order valence-electron chi connectivity index (χ0n) is 9.98. The first-order valence-corrected chi connectivity index (χ1v) is 7.53. The molecular formula is C8H12ClN5O4S. The molecule has 1 N–H and O–H groups in total. The third-order valence-corrected chi connectivity index (χ3v) is 4.39. The molecule has 0 aliphatic carbocycles. The number of nitrogens with one attached hydrogen (secondary N) is 1. The summed E-state index contributed by atoms with van der Waals surface area (Å²) in [5.74, 6) is 0. The maximum atomic E-state index is 11.5. The van der Waals surface area contributed by atoms with E-state index in [9.17, 15) is 13.2 Å². The molecule has 2 rings (SSSR count). The van der Waals surface area contributed by atoms with E-state index in [1.807, 2.05) is 0 Å². The van der Waals surface area contributed by atoms with E-state index in [1.54, 1.807) is 0 Å². The molecule has 0 amide bonds. The van der Waals surface area contributed by atoms with Gasteiger partial charge in [0.2, 0.25) is 10.0 Å². The summed E-state index contributed by atoms with van der Waals surface area (Å²) in [6.45, 7) is 0.422. The number of carbonyl (C=O) groups excluding carboxylic acids is 1. The molecule has 1 atom stereocenters. The van der Waals surface area contributed by atoms with Crippen molar-refractivity contribution < 1.29 is 22.5 Å². The van der Waals surface area contributed by atoms with E-state index in [-0.39, 0.29) is 30.3 Å². The molecule has 1 aromatic heterocycles. The number of sulfonamides is 1. The minimum absolute atomic E-state index is 0.00581. The predicted octanol–water partition coefficient (Wildman–Crippen LogP) is -2.56. The van der Waals surface area contributed by atoms with Gasteiger partial charge in [0.25, 0.3) is 0 Å². The molecule has 11 heteroatoms. The second-order valence-electron chi connectivity index (χ2n) is 4.07. The molecule has 2 heterocycles. The molecule has 0 saturated carbocycles. The first-order chi connectivity index (χ1) is 8.84. The highest BCUT2D eigenvalue weighted by atomic mass is 35.5. The van der Waals surface area contributed by atoms with Crippen LogP contribution in [0.1, 0.15) is 0 Å². The van der Waals surface area contributed by atoms with E-state index in [0.29, 0.717) is 6.29 Å². The van der Waals surface area contributed by atoms with Crippen molar-refractivity contribution in [2.45, 2.75) is 6.04 Å². The van der Waals surface area contributed by atoms with Crippen LogP contribution >= 0.6 is 11.6 Å². The van der Waals surface area contributed by atoms with Gasteiger partial charge in [-0.15, -0.1) is 0 Å². The van der Waals surface area contributed by atoms with Crippen LogP contribution in [0.2, 0.25) is 5.15 Å². The second-order valence-corrected chi connectivity index (χ2v) is 6.41. The average Bonchev–Trinajstić information content (AvgIpc) is 2.68. The smallest absolute Gasteiger partial charge is 0.360 e. The lowest BCUT2D eigenvalue weighted by Crippen LogP contribution is -2.72. The summed E-state index contributed by atoms with van der Waals surface area (Å²) in [5.41, 5.74) is -0.322. The maximum absolute atomic E-state index is 11.5. The number of piperazine rings is 1. The summed E-state index contributed by atoms with van der Waals surface area (Å²) >= 11 is 5.82. The molecule has 9 nitrogen and oxygen atoms in total. The average molecular weight is 310 g/mol. The molecule has 0 spiro atoms. The third kappa shape index (κ3) is 2.65. The van der Waals surface area contributed by atoms with Crippen LogP contribution in [0.15, 0.2) is 4.52 Å². The van der Waals surface area contributed by atoms with Crippen LogP contribution in [-0.4, -0.2) is 50.9 Å². The molecule has 0 radical (unpaired) electrons. The number of halogens is 1. The Bertz CT molecular complexity index is 638. The lowest BCUT2D eigenvalue weighted by atomic mass is 10.2. The van der Waals surface area contributed by atoms with E-state index >= 15 is 0 Å². The van der Waals surface area contributed by atoms with Gasteiger partial charge in [-0.25, -0.2) is 12.7 Å². The molecule has 1 aromatic rings. The molecule has 1 saturated heterocycles. The fraction of sp³-hybridized carbons (Fsp3) is 0.625. The minimum Gasteiger partial charge on any atom is -0.379 e. The molecule has 0 aromatic carbocycles. The Morgan fingerprint density at radius 1 is 1.58 bits per heavy atom. The Kier molecular flexibility index (Phi) is 3.65. The largest absolute Gasteiger partial charge is 0.379 e. The van der Waals surface area contributed by atoms with Gasteiger partial charge in [0, 0.05) is 19.6 Å². The summed E-state index contributed by atoms with van der Waals surface area (Å²) in [7, 11) is -3.35. The first kappa shape index (κ1) is 14.0. The predicted molar refractivity (Wildman–Crippen MR) is 62.4 cm³/mol. The number of rotatable bonds is 3. The van der Waals surface area contributed by atoms with Gasteiger partial charge in [0.05, 0.1) is 12.3 Å². The van der Waals surface area contributed by atoms with E-state index in [4.69, 9.17) is 17.0 Å². The Labute approximate surface area is 113 Å². The van der Waals surface area contributed by atoms with Crippen LogP contribution in [0.5, 0.6) is 0 Å². The van der Waals surface area contributed by atoms with Crippen molar-refractivity contribution in [1.29, 1.82) is 5.41 Å². The van der Waals surface area contributed by atoms with Crippen molar-refractivity contribution in [2.24, 2.45) is 0 Å². The molecule has 19 heavy (non-hydrogen) atoms. The fourth-order valence-electron chi connectivity index (χ4n) is 1.83. The number of aldehydes is 1. The zero-order chi connectivity index (χ0) is 14.2. The van der Waals surface area contributed by atoms with Crippen molar-refractivity contribution in [3.63, 3.8) is 0 Å². The molecule has 1 fully saturated rings. The summed E-state index contributed by atoms with van der Waals surface area (Å²) < 4.78 is 28.7. The maximum Gasteiger partial charge on any atom is 0.360 e. The zero-order valence-corrected chi connectivity index (χ0v) is 11.6. The normalized spacial score (nSPS) is 21.6. The number of hydrogen-bond acceptors (Lipinski definition) is 6. The van der Waals surface area contributed by atoms with Crippen molar-refractivity contribution >= 4 is 27.9 Å². The molecule has 1 aliphatic rings. The van der Waals surface area contributed by atoms with Crippen LogP contribution in [-0.2, 0) is 14.8 Å². The van der Waals surface area contributed by atoms with Gasteiger partial charge in [-0.3, -0.25) is 10.4 Å². The van der Waals surface area contributed by atoms with Crippen LogP contribution in [0.3, 0.4) is 0 Å². The number of hydrogen-bond donors (Lipinski definition) is 1. The standard InChI is InChI=1S/C8H12ClN5O4S/c1-19(16,17)12-2-3-13(6(4-12)5-15)14-7(9)8(10)18-11-14/h5-6,10H,2-4H2,1H3. The van der Waals surface area contributed by atoms with Gasteiger partial charge >= 0.3 is 10.7 Å². The third-order valence-electron chi connectivity index (χ3n) is 2.79. The Morgan fingerprint density at radius 3 is 2.74 bits per heavy atom. The van der Waals surface area contributed by atoms with Crippen LogP contribution < -0.4 is 20.6 Å². The number of carbonyl (C=O) groups is 1. The topological polar surface area (TPSA) is 113 Å². The highest BCUT2D eigenvalue weighted by Gasteiger charge is 2.33. The van der Waals surface area contributed by atoms with Crippen LogP contribution in [0.4, 0.5) is 0 Å². The van der Waals surface area contributed by atoms with Crippen molar-refractivity contribution in [3.05, 3.63) is 10.7 Å². The van der Waals surface area contributed by atoms with Crippen LogP contribution in [0.25, 0.3) is 0 Å². The first-order valence-electron chi connectivity index (χ1n) is 5.31. The van der Waals surface area contributed by atoms with E-state index in [0.717, 1.165) is 11.0 Å². The van der Waals surface area contributed by atoms with Gasteiger partial charge in [-0.2, -0.15) is 0 Å². The van der Waals surface area contributed by atoms with Gasteiger partial charge in [0.1, 0.15) is 6.29 Å². The highest BCUT2D eigenvalue weighted by molar-refractivity contribution is 7.88. The van der Waals surface area contributed by atoms with Crippen molar-refractivity contribution in [1.82, 2.24) is 9.58 Å². The lowest BCUT2D eigenvalue weighted by molar-refractivity contribution is -0.764. The lowest BCUT2D eigenvalue weighted by Gasteiger charge is -2.38. The summed E-state index contributed by atoms with van der Waals surface area (Å²) in [6, 6.07) is -0.740. The van der Waals surface area contributed by atoms with E-state index in [2.05, 4.69) is 9.79 Å². The number of nitrogens with zero attached hydrogens (tertiary/aromatic N) is 4. The van der Waals surface area contributed by atoms with E-state index < -0.39 is 16.1 Å². The van der Waals surface area contributed by atoms with Crippen molar-refractivity contribution in [3.8, 4) is 0 Å². The van der Waals surface area contributed by atoms with Gasteiger partial charge < -0.3 is 9.32 Å². The van der Waals surface area contributed by atoms with Crippen LogP contribution in [0, 0.1) is 5.41 Å². The van der Waals surface area contributed by atoms with E-state index in [1.165, 1.54) is 9.31 Å². The summed E-state index contributed by atoms with van der Waals surface area (Å²) in [4.78, 5) is 12.2. The summed E-state index contributed by atoms with van der Waals surface area (Å²) in [6.07, 6.45) is 1.70. The van der Waals surface area contributed by atoms with Gasteiger partial charge in [-0.05, 0) is 16.9 Å². The SMILES string of the molecule is CS(=O)(=O)N1CCN([n+]2[n-]oc(=N)c2Cl)C(C=O)C1. The molecule has 1 unspecified atom stereocenters. The summed E-state index contributed by atoms with van der Waals surface area (Å²) in [5, 5.41) is 12.3. The fourth-order valence-corrected chi connectivity index (χ4v) is 2.83. The number of aromatic nitrogens is 2. The molecule has 106 valence electrons. The molecule has 0 bridgehead atoms.